The number of hydrogen-bond acceptors (Lipinski definition) is 1. The highest BCUT2D eigenvalue weighted by atomic mass is 16.1. The van der Waals surface area contributed by atoms with Crippen molar-refractivity contribution in [1.82, 2.24) is 9.55 Å². The number of hydrogen-bond donors (Lipinski definition) is 1. The van der Waals surface area contributed by atoms with E-state index in [4.69, 9.17) is 0 Å². The average molecular weight is 487 g/mol. The lowest BCUT2D eigenvalue weighted by Crippen LogP contribution is -2.30. The third kappa shape index (κ3) is 2.41. The van der Waals surface area contributed by atoms with E-state index in [0.29, 0.717) is 0 Å². The van der Waals surface area contributed by atoms with E-state index in [1.54, 1.807) is 0 Å². The molecule has 5 aromatic carbocycles. The zero-order valence-corrected chi connectivity index (χ0v) is 20.6. The largest absolute Gasteiger partial charge is 0.354 e. The van der Waals surface area contributed by atoms with Crippen LogP contribution < -0.4 is 10.6 Å². The number of fused-ring (bicyclic) bond motifs is 13. The molecule has 0 fully saturated rings. The Labute approximate surface area is 217 Å². The Morgan fingerprint density at radius 3 is 2.29 bits per heavy atom. The number of rotatable bonds is 1. The predicted molar refractivity (Wildman–Crippen MR) is 156 cm³/mol. The molecule has 0 saturated heterocycles. The fourth-order valence-electron chi connectivity index (χ4n) is 6.93. The number of para-hydroxylation sites is 1. The normalized spacial score (nSPS) is 14.1. The molecule has 2 aliphatic carbocycles. The summed E-state index contributed by atoms with van der Waals surface area (Å²) in [5, 5.41) is 8.25. The van der Waals surface area contributed by atoms with Gasteiger partial charge in [0.2, 0.25) is 0 Å². The number of nitrogens with one attached hydrogen (secondary N) is 1. The summed E-state index contributed by atoms with van der Waals surface area (Å²) in [4.78, 5) is 17.6. The molecule has 2 heterocycles. The molecule has 0 saturated carbocycles. The molecule has 0 aliphatic heterocycles. The average Bonchev–Trinajstić information content (AvgIpc) is 3.61. The maximum Gasteiger partial charge on any atom is 0.195 e. The lowest BCUT2D eigenvalue weighted by atomic mass is 9.93. The van der Waals surface area contributed by atoms with Crippen molar-refractivity contribution >= 4 is 61.4 Å². The summed E-state index contributed by atoms with van der Waals surface area (Å²) in [5.74, 6) is 0.115. The molecule has 178 valence electrons. The van der Waals surface area contributed by atoms with Crippen LogP contribution in [0.15, 0.2) is 91.0 Å². The molecular formula is C35H22N2O. The van der Waals surface area contributed by atoms with Gasteiger partial charge in [0.15, 0.2) is 5.78 Å². The Bertz CT molecular complexity index is 2310. The predicted octanol–water partition coefficient (Wildman–Crippen LogP) is 6.98. The Balaban J connectivity index is 1.45. The summed E-state index contributed by atoms with van der Waals surface area (Å²) < 4.78 is 2.39. The second-order valence-electron chi connectivity index (χ2n) is 10.4. The van der Waals surface area contributed by atoms with E-state index < -0.39 is 0 Å². The highest BCUT2D eigenvalue weighted by molar-refractivity contribution is 6.37. The van der Waals surface area contributed by atoms with Crippen LogP contribution in [0.3, 0.4) is 0 Å². The van der Waals surface area contributed by atoms with E-state index >= 15 is 0 Å². The summed E-state index contributed by atoms with van der Waals surface area (Å²) in [7, 11) is 0. The van der Waals surface area contributed by atoms with Gasteiger partial charge in [-0.15, -0.1) is 0 Å². The fourth-order valence-corrected chi connectivity index (χ4v) is 6.93. The van der Waals surface area contributed by atoms with Crippen LogP contribution in [0.5, 0.6) is 0 Å². The molecule has 3 nitrogen and oxygen atoms in total. The number of nitrogens with zero attached hydrogens (tertiary/aromatic N) is 1. The zero-order chi connectivity index (χ0) is 25.0. The molecule has 0 radical (unpaired) electrons. The Morgan fingerprint density at radius 2 is 1.39 bits per heavy atom. The first-order valence-electron chi connectivity index (χ1n) is 13.2. The second kappa shape index (κ2) is 7.11. The van der Waals surface area contributed by atoms with E-state index in [1.807, 2.05) is 18.2 Å². The van der Waals surface area contributed by atoms with Gasteiger partial charge >= 0.3 is 0 Å². The van der Waals surface area contributed by atoms with Crippen molar-refractivity contribution in [3.8, 4) is 16.8 Å². The fraction of sp³-hybridized carbons (Fsp3) is 0.0571. The number of H-pyrrole nitrogens is 1. The van der Waals surface area contributed by atoms with Crippen molar-refractivity contribution in [2.45, 2.75) is 12.8 Å². The molecule has 0 amide bonds. The van der Waals surface area contributed by atoms with Crippen molar-refractivity contribution in [1.29, 1.82) is 0 Å². The van der Waals surface area contributed by atoms with Crippen LogP contribution in [0.25, 0.3) is 72.4 Å². The molecule has 2 aliphatic rings. The first kappa shape index (κ1) is 20.2. The van der Waals surface area contributed by atoms with E-state index in [9.17, 15) is 4.79 Å². The van der Waals surface area contributed by atoms with Gasteiger partial charge in [-0.25, -0.2) is 0 Å². The molecule has 0 bridgehead atoms. The van der Waals surface area contributed by atoms with Crippen molar-refractivity contribution in [3.05, 3.63) is 113 Å². The summed E-state index contributed by atoms with van der Waals surface area (Å²) in [6.45, 7) is 0. The Hall–Kier alpha value is -4.89. The smallest absolute Gasteiger partial charge is 0.195 e. The number of benzene rings is 5. The van der Waals surface area contributed by atoms with Crippen LogP contribution in [0.2, 0.25) is 0 Å². The van der Waals surface area contributed by atoms with E-state index in [1.165, 1.54) is 21.5 Å². The first-order valence-corrected chi connectivity index (χ1v) is 13.2. The molecule has 3 heteroatoms. The van der Waals surface area contributed by atoms with Crippen LogP contribution in [0.4, 0.5) is 0 Å². The van der Waals surface area contributed by atoms with Crippen LogP contribution in [-0.2, 0) is 0 Å². The summed E-state index contributed by atoms with van der Waals surface area (Å²) in [6, 6.07) is 31.8. The van der Waals surface area contributed by atoms with Gasteiger partial charge in [-0.1, -0.05) is 78.9 Å². The molecule has 2 aromatic heterocycles. The SMILES string of the molecule is O=C1c2ccccc2-c2c1c1c3cc(-n4c5c(c6ccccc64)=CCCC=5)ccc3[nH]c1c1ccccc21. The maximum atomic E-state index is 13.9. The highest BCUT2D eigenvalue weighted by Gasteiger charge is 2.32. The third-order valence-electron chi connectivity index (χ3n) is 8.48. The van der Waals surface area contributed by atoms with Gasteiger partial charge in [0, 0.05) is 60.0 Å². The molecule has 0 unspecified atom stereocenters. The van der Waals surface area contributed by atoms with Crippen molar-refractivity contribution in [3.63, 3.8) is 0 Å². The van der Waals surface area contributed by atoms with Gasteiger partial charge in [-0.05, 0) is 48.1 Å². The topological polar surface area (TPSA) is 37.8 Å². The quantitative estimate of drug-likeness (QED) is 0.267. The van der Waals surface area contributed by atoms with Crippen LogP contribution >= 0.6 is 0 Å². The minimum Gasteiger partial charge on any atom is -0.354 e. The monoisotopic (exact) mass is 486 g/mol. The second-order valence-corrected chi connectivity index (χ2v) is 10.4. The number of aromatic nitrogens is 2. The molecule has 9 rings (SSSR count). The van der Waals surface area contributed by atoms with Gasteiger partial charge in [-0.3, -0.25) is 4.79 Å². The van der Waals surface area contributed by atoms with Gasteiger partial charge in [-0.2, -0.15) is 0 Å². The number of carbonyl (C=O) groups excluding carboxylic acids is 1. The summed E-state index contributed by atoms with van der Waals surface area (Å²) in [5.41, 5.74) is 8.12. The number of ketones is 1. The van der Waals surface area contributed by atoms with E-state index in [0.717, 1.165) is 73.4 Å². The number of aromatic amines is 1. The lowest BCUT2D eigenvalue weighted by molar-refractivity contribution is 0.104. The van der Waals surface area contributed by atoms with Crippen molar-refractivity contribution in [2.24, 2.45) is 0 Å². The summed E-state index contributed by atoms with van der Waals surface area (Å²) >= 11 is 0. The number of carbonyl (C=O) groups is 1. The molecule has 0 spiro atoms. The van der Waals surface area contributed by atoms with Crippen molar-refractivity contribution in [2.75, 3.05) is 0 Å². The van der Waals surface area contributed by atoms with Crippen LogP contribution in [0, 0.1) is 0 Å². The maximum absolute atomic E-state index is 13.9. The van der Waals surface area contributed by atoms with Crippen LogP contribution in [0.1, 0.15) is 28.8 Å². The van der Waals surface area contributed by atoms with Crippen LogP contribution in [-0.4, -0.2) is 15.3 Å². The zero-order valence-electron chi connectivity index (χ0n) is 20.6. The summed E-state index contributed by atoms with van der Waals surface area (Å²) in [6.07, 6.45) is 6.85. The minimum absolute atomic E-state index is 0.115. The third-order valence-corrected chi connectivity index (χ3v) is 8.48. The molecule has 38 heavy (non-hydrogen) atoms. The molecular weight excluding hydrogens is 464 g/mol. The van der Waals surface area contributed by atoms with Gasteiger partial charge in [0.05, 0.1) is 11.0 Å². The Kier molecular flexibility index (Phi) is 3.78. The first-order chi connectivity index (χ1) is 18.8. The van der Waals surface area contributed by atoms with Crippen molar-refractivity contribution < 1.29 is 4.79 Å². The lowest BCUT2D eigenvalue weighted by Gasteiger charge is -2.10. The van der Waals surface area contributed by atoms with E-state index in [-0.39, 0.29) is 5.78 Å². The molecule has 0 atom stereocenters. The minimum atomic E-state index is 0.115. The van der Waals surface area contributed by atoms with Gasteiger partial charge in [0.1, 0.15) is 0 Å². The van der Waals surface area contributed by atoms with Gasteiger partial charge < -0.3 is 9.55 Å². The van der Waals surface area contributed by atoms with E-state index in [2.05, 4.69) is 94.5 Å². The molecule has 7 aromatic rings. The highest BCUT2D eigenvalue weighted by Crippen LogP contribution is 2.47. The standard InChI is InChI=1S/C35H22N2O/c38-35-26-14-4-2-12-24(26)31-23-11-1-3-13-25(23)34-32(33(31)35)27-19-20(17-18-28(27)36-34)37-29-15-7-5-9-21(29)22-10-6-8-16-30(22)37/h1-5,7,9-19,36H,6,8H2. The molecule has 1 N–H and O–H groups in total. The Morgan fingerprint density at radius 1 is 0.658 bits per heavy atom. The van der Waals surface area contributed by atoms with Gasteiger partial charge in [0.25, 0.3) is 0 Å².